The molecule has 1 heterocycles. The van der Waals surface area contributed by atoms with Crippen molar-refractivity contribution in [2.24, 2.45) is 0 Å². The van der Waals surface area contributed by atoms with E-state index in [0.29, 0.717) is 16.7 Å². The standard InChI is InChI=1S/C12H12Br2N2O2S2/c1-16(6-9-4-8(13)7-19-9)20(17,18)10-2-3-12(15)11(14)5-10/h2-5,7H,6,15H2,1H3. The minimum atomic E-state index is -3.53. The van der Waals surface area contributed by atoms with Crippen LogP contribution in [0.2, 0.25) is 0 Å². The summed E-state index contributed by atoms with van der Waals surface area (Å²) in [6.45, 7) is 0.334. The van der Waals surface area contributed by atoms with E-state index in [1.165, 1.54) is 27.8 Å². The number of benzene rings is 1. The monoisotopic (exact) mass is 438 g/mol. The van der Waals surface area contributed by atoms with Crippen LogP contribution in [0.1, 0.15) is 4.88 Å². The Balaban J connectivity index is 2.27. The number of sulfonamides is 1. The smallest absolute Gasteiger partial charge is 0.243 e. The lowest BCUT2D eigenvalue weighted by atomic mass is 10.3. The summed E-state index contributed by atoms with van der Waals surface area (Å²) in [5.41, 5.74) is 6.18. The average Bonchev–Trinajstić information content (AvgIpc) is 2.78. The third-order valence-corrected chi connectivity index (χ3v) is 6.85. The van der Waals surface area contributed by atoms with Gasteiger partial charge in [0.2, 0.25) is 10.0 Å². The summed E-state index contributed by atoms with van der Waals surface area (Å²) in [6.07, 6.45) is 0. The molecule has 0 atom stereocenters. The van der Waals surface area contributed by atoms with Crippen LogP contribution in [0.3, 0.4) is 0 Å². The average molecular weight is 440 g/mol. The highest BCUT2D eigenvalue weighted by Gasteiger charge is 2.22. The summed E-state index contributed by atoms with van der Waals surface area (Å²) in [4.78, 5) is 1.19. The Hall–Kier alpha value is -0.410. The number of rotatable bonds is 4. The molecule has 0 radical (unpaired) electrons. The van der Waals surface area contributed by atoms with E-state index >= 15 is 0 Å². The number of thiophene rings is 1. The van der Waals surface area contributed by atoms with Gasteiger partial charge in [-0.05, 0) is 56.1 Å². The molecule has 0 aliphatic heterocycles. The number of hydrogen-bond acceptors (Lipinski definition) is 4. The highest BCUT2D eigenvalue weighted by Crippen LogP contribution is 2.27. The highest BCUT2D eigenvalue weighted by molar-refractivity contribution is 9.10. The molecular formula is C12H12Br2N2O2S2. The topological polar surface area (TPSA) is 63.4 Å². The van der Waals surface area contributed by atoms with Gasteiger partial charge in [-0.2, -0.15) is 4.31 Å². The van der Waals surface area contributed by atoms with E-state index in [0.717, 1.165) is 9.35 Å². The van der Waals surface area contributed by atoms with Crippen molar-refractivity contribution in [1.82, 2.24) is 4.31 Å². The van der Waals surface area contributed by atoms with Crippen molar-refractivity contribution in [2.45, 2.75) is 11.4 Å². The highest BCUT2D eigenvalue weighted by atomic mass is 79.9. The van der Waals surface area contributed by atoms with E-state index in [1.807, 2.05) is 11.4 Å². The normalized spacial score (nSPS) is 12.0. The van der Waals surface area contributed by atoms with E-state index < -0.39 is 10.0 Å². The van der Waals surface area contributed by atoms with Crippen LogP contribution in [0.5, 0.6) is 0 Å². The predicted molar refractivity (Wildman–Crippen MR) is 89.2 cm³/mol. The number of anilines is 1. The van der Waals surface area contributed by atoms with Crippen LogP contribution < -0.4 is 5.73 Å². The second-order valence-corrected chi connectivity index (χ2v) is 8.99. The molecule has 0 saturated heterocycles. The van der Waals surface area contributed by atoms with Crippen LogP contribution in [-0.4, -0.2) is 19.8 Å². The molecule has 8 heteroatoms. The van der Waals surface area contributed by atoms with Gasteiger partial charge in [0.1, 0.15) is 0 Å². The summed E-state index contributed by atoms with van der Waals surface area (Å²) in [5, 5.41) is 1.93. The molecule has 108 valence electrons. The Bertz CT molecular complexity index is 729. The number of nitrogens with zero attached hydrogens (tertiary/aromatic N) is 1. The first-order valence-corrected chi connectivity index (χ1v) is 9.45. The lowest BCUT2D eigenvalue weighted by molar-refractivity contribution is 0.469. The maximum Gasteiger partial charge on any atom is 0.243 e. The minimum absolute atomic E-state index is 0.219. The van der Waals surface area contributed by atoms with Gasteiger partial charge in [0.15, 0.2) is 0 Å². The molecule has 0 spiro atoms. The molecule has 0 saturated carbocycles. The second-order valence-electron chi connectivity index (χ2n) is 4.18. The first-order chi connectivity index (χ1) is 9.30. The summed E-state index contributed by atoms with van der Waals surface area (Å²) in [7, 11) is -1.97. The quantitative estimate of drug-likeness (QED) is 0.739. The largest absolute Gasteiger partial charge is 0.398 e. The fourth-order valence-corrected chi connectivity index (χ4v) is 4.88. The molecule has 1 aromatic carbocycles. The van der Waals surface area contributed by atoms with Crippen molar-refractivity contribution in [2.75, 3.05) is 12.8 Å². The van der Waals surface area contributed by atoms with E-state index in [1.54, 1.807) is 13.1 Å². The molecule has 0 fully saturated rings. The molecule has 2 rings (SSSR count). The fraction of sp³-hybridized carbons (Fsp3) is 0.167. The molecule has 0 bridgehead atoms. The van der Waals surface area contributed by atoms with Gasteiger partial charge < -0.3 is 5.73 Å². The molecule has 2 N–H and O–H groups in total. The molecule has 1 aromatic heterocycles. The van der Waals surface area contributed by atoms with Gasteiger partial charge in [0, 0.05) is 38.5 Å². The lowest BCUT2D eigenvalue weighted by Gasteiger charge is -2.16. The summed E-state index contributed by atoms with van der Waals surface area (Å²) >= 11 is 8.12. The fourth-order valence-electron chi connectivity index (χ4n) is 1.59. The van der Waals surface area contributed by atoms with Crippen molar-refractivity contribution in [3.8, 4) is 0 Å². The summed E-state index contributed by atoms with van der Waals surface area (Å²) < 4.78 is 27.8. The lowest BCUT2D eigenvalue weighted by Crippen LogP contribution is -2.26. The third-order valence-electron chi connectivity index (χ3n) is 2.68. The van der Waals surface area contributed by atoms with E-state index in [2.05, 4.69) is 31.9 Å². The van der Waals surface area contributed by atoms with Crippen molar-refractivity contribution < 1.29 is 8.42 Å². The van der Waals surface area contributed by atoms with Crippen molar-refractivity contribution in [3.05, 3.63) is 43.5 Å². The zero-order valence-corrected chi connectivity index (χ0v) is 15.3. The van der Waals surface area contributed by atoms with Crippen LogP contribution in [0.15, 0.2) is 43.5 Å². The summed E-state index contributed by atoms with van der Waals surface area (Å²) in [6, 6.07) is 6.52. The van der Waals surface area contributed by atoms with Gasteiger partial charge in [-0.25, -0.2) is 8.42 Å². The van der Waals surface area contributed by atoms with Crippen LogP contribution in [0, 0.1) is 0 Å². The van der Waals surface area contributed by atoms with Gasteiger partial charge in [0.05, 0.1) is 4.90 Å². The third kappa shape index (κ3) is 3.43. The Kier molecular flexibility index (Phi) is 4.91. The van der Waals surface area contributed by atoms with E-state index in [-0.39, 0.29) is 4.90 Å². The Labute approximate surface area is 138 Å². The molecule has 0 aliphatic rings. The molecule has 4 nitrogen and oxygen atoms in total. The first-order valence-electron chi connectivity index (χ1n) is 5.55. The van der Waals surface area contributed by atoms with Crippen LogP contribution in [0.25, 0.3) is 0 Å². The van der Waals surface area contributed by atoms with Crippen LogP contribution >= 0.6 is 43.2 Å². The molecule has 2 aromatic rings. The first kappa shape index (κ1) is 16.0. The van der Waals surface area contributed by atoms with Crippen molar-refractivity contribution in [3.63, 3.8) is 0 Å². The van der Waals surface area contributed by atoms with E-state index in [9.17, 15) is 8.42 Å². The molecule has 20 heavy (non-hydrogen) atoms. The summed E-state index contributed by atoms with van der Waals surface area (Å²) in [5.74, 6) is 0. The molecule has 0 aliphatic carbocycles. The molecular weight excluding hydrogens is 428 g/mol. The van der Waals surface area contributed by atoms with Gasteiger partial charge >= 0.3 is 0 Å². The Morgan fingerprint density at radius 1 is 1.30 bits per heavy atom. The predicted octanol–water partition coefficient (Wildman–Crippen LogP) is 3.68. The Morgan fingerprint density at radius 3 is 2.55 bits per heavy atom. The van der Waals surface area contributed by atoms with Crippen molar-refractivity contribution >= 4 is 58.9 Å². The Morgan fingerprint density at radius 2 is 2.00 bits per heavy atom. The van der Waals surface area contributed by atoms with Gasteiger partial charge in [0.25, 0.3) is 0 Å². The number of nitrogen functional groups attached to an aromatic ring is 1. The van der Waals surface area contributed by atoms with E-state index in [4.69, 9.17) is 5.73 Å². The van der Waals surface area contributed by atoms with Crippen molar-refractivity contribution in [1.29, 1.82) is 0 Å². The number of halogens is 2. The molecule has 0 amide bonds. The number of hydrogen-bond donors (Lipinski definition) is 1. The van der Waals surface area contributed by atoms with Gasteiger partial charge in [-0.1, -0.05) is 0 Å². The van der Waals surface area contributed by atoms with Crippen LogP contribution in [-0.2, 0) is 16.6 Å². The zero-order valence-electron chi connectivity index (χ0n) is 10.5. The minimum Gasteiger partial charge on any atom is -0.398 e. The number of nitrogens with two attached hydrogens (primary N) is 1. The maximum atomic E-state index is 12.5. The van der Waals surface area contributed by atoms with Gasteiger partial charge in [-0.3, -0.25) is 0 Å². The zero-order chi connectivity index (χ0) is 14.9. The second kappa shape index (κ2) is 6.15. The van der Waals surface area contributed by atoms with Crippen LogP contribution in [0.4, 0.5) is 5.69 Å². The molecule has 0 unspecified atom stereocenters. The maximum absolute atomic E-state index is 12.5. The SMILES string of the molecule is CN(Cc1cc(Br)cs1)S(=O)(=O)c1ccc(N)c(Br)c1. The van der Waals surface area contributed by atoms with Gasteiger partial charge in [-0.15, -0.1) is 11.3 Å².